The van der Waals surface area contributed by atoms with E-state index in [1.54, 1.807) is 6.07 Å². The Morgan fingerprint density at radius 1 is 0.436 bits per heavy atom. The quantitative estimate of drug-likeness (QED) is 0.158. The number of rotatable bonds is 3. The van der Waals surface area contributed by atoms with E-state index in [0.717, 1.165) is 12.1 Å². The van der Waals surface area contributed by atoms with Crippen molar-refractivity contribution in [3.8, 4) is 33.8 Å². The van der Waals surface area contributed by atoms with E-state index in [-0.39, 0.29) is 11.1 Å². The van der Waals surface area contributed by atoms with Crippen molar-refractivity contribution < 1.29 is 77.2 Å². The third-order valence-electron chi connectivity index (χ3n) is 4.81. The van der Waals surface area contributed by atoms with Crippen LogP contribution in [-0.2, 0) is 0 Å². The molecule has 0 aliphatic carbocycles. The molecule has 0 atom stereocenters. The van der Waals surface area contributed by atoms with Crippen molar-refractivity contribution in [3.63, 3.8) is 0 Å². The van der Waals surface area contributed by atoms with Crippen LogP contribution in [0, 0.1) is 68.4 Å². The highest BCUT2D eigenvalue weighted by Gasteiger charge is 2.37. The highest BCUT2D eigenvalue weighted by Crippen LogP contribution is 2.39. The summed E-state index contributed by atoms with van der Waals surface area (Å²) in [6, 6.07) is 8.82. The van der Waals surface area contributed by atoms with Gasteiger partial charge < -0.3 is 0 Å². The molecule has 1 aromatic heterocycles. The summed E-state index contributed by atoms with van der Waals surface area (Å²) in [5, 5.41) is 0. The molecule has 0 radical (unpaired) electrons. The molecule has 0 amide bonds. The molecular formula is C23H7ClF10O5. The molecule has 206 valence electrons. The smallest absolute Gasteiger partial charge is 0.222 e. The monoisotopic (exact) mass is 588 g/mol. The van der Waals surface area contributed by atoms with Crippen molar-refractivity contribution in [2.24, 2.45) is 0 Å². The van der Waals surface area contributed by atoms with Gasteiger partial charge in [0.25, 0.3) is 0 Å². The van der Waals surface area contributed by atoms with Gasteiger partial charge in [-0.3, -0.25) is 0 Å². The van der Waals surface area contributed by atoms with E-state index in [0.29, 0.717) is 0 Å². The van der Waals surface area contributed by atoms with Gasteiger partial charge >= 0.3 is 11.5 Å². The van der Waals surface area contributed by atoms with E-state index >= 15 is 0 Å². The molecule has 16 heteroatoms. The number of halogens is 11. The van der Waals surface area contributed by atoms with Crippen molar-refractivity contribution in [1.29, 1.82) is 0 Å². The Labute approximate surface area is 212 Å². The number of hydrogen-bond acceptors (Lipinski definition) is 4. The van der Waals surface area contributed by atoms with Crippen LogP contribution in [0.15, 0.2) is 46.9 Å². The van der Waals surface area contributed by atoms with Crippen LogP contribution in [-0.4, -0.2) is 0 Å². The maximum Gasteiger partial charge on any atom is 0.367 e. The lowest BCUT2D eigenvalue weighted by Crippen LogP contribution is -2.68. The Kier molecular flexibility index (Phi) is 8.52. The third kappa shape index (κ3) is 6.12. The van der Waals surface area contributed by atoms with Crippen molar-refractivity contribution in [3.05, 3.63) is 101 Å². The van der Waals surface area contributed by atoms with Crippen LogP contribution < -0.4 is 18.6 Å². The van der Waals surface area contributed by atoms with Crippen LogP contribution in [0.2, 0.25) is 0 Å². The molecule has 3 aromatic carbocycles. The van der Waals surface area contributed by atoms with Gasteiger partial charge in [0.1, 0.15) is 0 Å². The molecule has 5 nitrogen and oxygen atoms in total. The third-order valence-corrected chi connectivity index (χ3v) is 4.81. The van der Waals surface area contributed by atoms with E-state index < -0.39 is 91.1 Å². The molecule has 0 saturated carbocycles. The maximum atomic E-state index is 14.4. The molecule has 0 spiro atoms. The van der Waals surface area contributed by atoms with Crippen molar-refractivity contribution in [1.82, 2.24) is 0 Å². The summed E-state index contributed by atoms with van der Waals surface area (Å²) in [5.41, 5.74) is -3.20. The zero-order valence-corrected chi connectivity index (χ0v) is 19.0. The predicted octanol–water partition coefficient (Wildman–Crippen LogP) is 3.20. The molecule has 0 aliphatic heterocycles. The standard InChI is InChI=1S/C23H7F10O.ClHO4/c24-14-12(15(25)19(29)22(32)18(14)28)10-6-9(8-4-2-1-3-5-8)7-11(34-10)13-16(26)20(30)23(33)21(31)17(13)27;2-1(3,4)5/h1-7H;(H,2,3,4,5)/q+1;/p-1. The fourth-order valence-corrected chi connectivity index (χ4v) is 3.19. The Morgan fingerprint density at radius 3 is 1.03 bits per heavy atom. The van der Waals surface area contributed by atoms with E-state index in [2.05, 4.69) is 0 Å². The number of hydrogen-bond donors (Lipinski definition) is 0. The van der Waals surface area contributed by atoms with Crippen molar-refractivity contribution in [2.45, 2.75) is 0 Å². The predicted molar refractivity (Wildman–Crippen MR) is 99.0 cm³/mol. The van der Waals surface area contributed by atoms with Gasteiger partial charge in [-0.1, -0.05) is 30.3 Å². The normalized spacial score (nSPS) is 11.3. The summed E-state index contributed by atoms with van der Waals surface area (Å²) in [5.74, 6) is -25.9. The molecule has 0 unspecified atom stereocenters. The zero-order chi connectivity index (χ0) is 29.4. The Bertz CT molecular complexity index is 1410. The SMILES string of the molecule is Fc1c(F)c(F)c(-c2cc(-c3ccccc3)cc(-c3c(F)c(F)c(F)c(F)c3F)[o+]2)c(F)c1F.[O-][Cl+3]([O-])([O-])[O-]. The molecule has 39 heavy (non-hydrogen) atoms. The van der Waals surface area contributed by atoms with Gasteiger partial charge in [-0.15, -0.1) is 10.2 Å². The molecule has 4 aromatic rings. The van der Waals surface area contributed by atoms with Crippen molar-refractivity contribution in [2.75, 3.05) is 0 Å². The zero-order valence-electron chi connectivity index (χ0n) is 18.2. The molecule has 0 N–H and O–H groups in total. The first-order valence-corrected chi connectivity index (χ1v) is 11.0. The first-order valence-electron chi connectivity index (χ1n) is 9.73. The molecular weight excluding hydrogens is 582 g/mol. The topological polar surface area (TPSA) is 104 Å². The van der Waals surface area contributed by atoms with Gasteiger partial charge in [-0.05, 0) is 5.56 Å². The molecule has 1 heterocycles. The lowest BCUT2D eigenvalue weighted by Gasteiger charge is -2.17. The van der Waals surface area contributed by atoms with Crippen LogP contribution >= 0.6 is 0 Å². The summed E-state index contributed by atoms with van der Waals surface area (Å²) in [6.07, 6.45) is 0. The van der Waals surface area contributed by atoms with Crippen LogP contribution in [0.1, 0.15) is 0 Å². The Balaban J connectivity index is 0.000000771. The molecule has 0 aliphatic rings. The Morgan fingerprint density at radius 2 is 0.718 bits per heavy atom. The second kappa shape index (κ2) is 11.2. The highest BCUT2D eigenvalue weighted by atomic mass is 35.7. The van der Waals surface area contributed by atoms with Gasteiger partial charge in [0.15, 0.2) is 57.7 Å². The summed E-state index contributed by atoms with van der Waals surface area (Å²) in [6.45, 7) is 0. The minimum absolute atomic E-state index is 0.162. The lowest BCUT2D eigenvalue weighted by atomic mass is 10.0. The van der Waals surface area contributed by atoms with Crippen LogP contribution in [0.4, 0.5) is 43.9 Å². The van der Waals surface area contributed by atoms with Gasteiger partial charge in [0, 0.05) is 5.56 Å². The molecule has 0 fully saturated rings. The summed E-state index contributed by atoms with van der Waals surface area (Å²) < 4.78 is 178. The average Bonchev–Trinajstić information content (AvgIpc) is 2.88. The first-order chi connectivity index (χ1) is 18.0. The molecule has 0 saturated heterocycles. The Hall–Kier alpha value is -3.76. The van der Waals surface area contributed by atoms with Gasteiger partial charge in [0.2, 0.25) is 11.6 Å². The molecule has 0 bridgehead atoms. The van der Waals surface area contributed by atoms with Gasteiger partial charge in [-0.2, -0.15) is 0 Å². The van der Waals surface area contributed by atoms with Crippen molar-refractivity contribution >= 4 is 0 Å². The van der Waals surface area contributed by atoms with E-state index in [4.69, 9.17) is 23.1 Å². The number of benzene rings is 3. The van der Waals surface area contributed by atoms with E-state index in [9.17, 15) is 43.9 Å². The molecule has 4 rings (SSSR count). The van der Waals surface area contributed by atoms with Crippen LogP contribution in [0.3, 0.4) is 0 Å². The fourth-order valence-electron chi connectivity index (χ4n) is 3.19. The fraction of sp³-hybridized carbons (Fsp3) is 0. The second-order valence-corrected chi connectivity index (χ2v) is 7.96. The minimum atomic E-state index is -4.94. The largest absolute Gasteiger partial charge is 0.367 e. The van der Waals surface area contributed by atoms with Gasteiger partial charge in [0.05, 0.1) is 12.1 Å². The summed E-state index contributed by atoms with van der Waals surface area (Å²) in [4.78, 5) is 0. The first kappa shape index (κ1) is 29.8. The summed E-state index contributed by atoms with van der Waals surface area (Å²) in [7, 11) is -4.94. The summed E-state index contributed by atoms with van der Waals surface area (Å²) >= 11 is 0. The van der Waals surface area contributed by atoms with Crippen LogP contribution in [0.5, 0.6) is 0 Å². The lowest BCUT2D eigenvalue weighted by molar-refractivity contribution is -2.00. The van der Waals surface area contributed by atoms with E-state index in [1.165, 1.54) is 24.3 Å². The van der Waals surface area contributed by atoms with Gasteiger partial charge in [-0.25, -0.2) is 67.0 Å². The second-order valence-electron chi connectivity index (χ2n) is 7.21. The van der Waals surface area contributed by atoms with Crippen LogP contribution in [0.25, 0.3) is 33.8 Å². The maximum absolute atomic E-state index is 14.4. The minimum Gasteiger partial charge on any atom is -0.222 e. The highest BCUT2D eigenvalue weighted by molar-refractivity contribution is 5.75. The van der Waals surface area contributed by atoms with E-state index in [1.807, 2.05) is 0 Å². The average molecular weight is 589 g/mol.